The molecule has 1 saturated heterocycles. The van der Waals surface area contributed by atoms with E-state index >= 15 is 0 Å². The second-order valence-electron chi connectivity index (χ2n) is 5.07. The minimum Gasteiger partial charge on any atom is -0.493 e. The van der Waals surface area contributed by atoms with Gasteiger partial charge in [0.05, 0.1) is 18.2 Å². The summed E-state index contributed by atoms with van der Waals surface area (Å²) in [4.78, 5) is 23.9. The molecule has 1 aliphatic rings. The Bertz CT molecular complexity index is 484. The molecular weight excluding hydrogens is 254 g/mol. The Balaban J connectivity index is 2.10. The SMILES string of the molecule is CCCCOc1ccccc1C(=O)C1CCCC(=O)N1. The van der Waals surface area contributed by atoms with E-state index in [1.54, 1.807) is 6.07 Å². The number of amides is 1. The third-order valence-electron chi connectivity index (χ3n) is 3.46. The molecular formula is C16H21NO3. The van der Waals surface area contributed by atoms with Gasteiger partial charge in [0.15, 0.2) is 5.78 Å². The lowest BCUT2D eigenvalue weighted by Crippen LogP contribution is -2.44. The third kappa shape index (κ3) is 3.59. The first kappa shape index (κ1) is 14.6. The van der Waals surface area contributed by atoms with Crippen molar-refractivity contribution in [2.45, 2.75) is 45.1 Å². The standard InChI is InChI=1S/C16H21NO3/c1-2-3-11-20-14-9-5-4-7-12(14)16(19)13-8-6-10-15(18)17-13/h4-5,7,9,13H,2-3,6,8,10-11H2,1H3,(H,17,18). The molecule has 0 aromatic heterocycles. The molecule has 1 amide bonds. The molecule has 0 bridgehead atoms. The predicted molar refractivity (Wildman–Crippen MR) is 77.0 cm³/mol. The van der Waals surface area contributed by atoms with Crippen molar-refractivity contribution in [1.29, 1.82) is 0 Å². The van der Waals surface area contributed by atoms with Crippen LogP contribution in [0.1, 0.15) is 49.4 Å². The number of ketones is 1. The van der Waals surface area contributed by atoms with Crippen LogP contribution in [-0.4, -0.2) is 24.3 Å². The first-order valence-corrected chi connectivity index (χ1v) is 7.27. The van der Waals surface area contributed by atoms with E-state index in [2.05, 4.69) is 12.2 Å². The van der Waals surface area contributed by atoms with Crippen LogP contribution >= 0.6 is 0 Å². The maximum atomic E-state index is 12.5. The molecule has 1 aromatic carbocycles. The van der Waals surface area contributed by atoms with Crippen molar-refractivity contribution in [1.82, 2.24) is 5.32 Å². The van der Waals surface area contributed by atoms with Crippen LogP contribution in [0, 0.1) is 0 Å². The zero-order chi connectivity index (χ0) is 14.4. The largest absolute Gasteiger partial charge is 0.493 e. The maximum Gasteiger partial charge on any atom is 0.220 e. The lowest BCUT2D eigenvalue weighted by atomic mass is 9.95. The van der Waals surface area contributed by atoms with Crippen molar-refractivity contribution >= 4 is 11.7 Å². The van der Waals surface area contributed by atoms with Crippen molar-refractivity contribution in [3.63, 3.8) is 0 Å². The van der Waals surface area contributed by atoms with Gasteiger partial charge >= 0.3 is 0 Å². The van der Waals surface area contributed by atoms with Crippen molar-refractivity contribution in [2.75, 3.05) is 6.61 Å². The molecule has 1 fully saturated rings. The van der Waals surface area contributed by atoms with E-state index in [1.165, 1.54) is 0 Å². The van der Waals surface area contributed by atoms with Crippen molar-refractivity contribution in [3.8, 4) is 5.75 Å². The van der Waals surface area contributed by atoms with Crippen LogP contribution in [0.5, 0.6) is 5.75 Å². The lowest BCUT2D eigenvalue weighted by Gasteiger charge is -2.23. The van der Waals surface area contributed by atoms with Gasteiger partial charge in [-0.05, 0) is 31.4 Å². The Labute approximate surface area is 119 Å². The highest BCUT2D eigenvalue weighted by atomic mass is 16.5. The smallest absolute Gasteiger partial charge is 0.220 e. The fraction of sp³-hybridized carbons (Fsp3) is 0.500. The summed E-state index contributed by atoms with van der Waals surface area (Å²) in [6.45, 7) is 2.70. The molecule has 1 aromatic rings. The molecule has 108 valence electrons. The molecule has 1 N–H and O–H groups in total. The van der Waals surface area contributed by atoms with Crippen molar-refractivity contribution in [3.05, 3.63) is 29.8 Å². The normalized spacial score (nSPS) is 18.4. The van der Waals surface area contributed by atoms with E-state index in [0.29, 0.717) is 30.8 Å². The van der Waals surface area contributed by atoms with Gasteiger partial charge in [0.2, 0.25) is 5.91 Å². The highest BCUT2D eigenvalue weighted by Gasteiger charge is 2.27. The summed E-state index contributed by atoms with van der Waals surface area (Å²) >= 11 is 0. The number of nitrogens with one attached hydrogen (secondary N) is 1. The summed E-state index contributed by atoms with van der Waals surface area (Å²) in [6, 6.07) is 6.85. The summed E-state index contributed by atoms with van der Waals surface area (Å²) in [7, 11) is 0. The Kier molecular flexibility index (Phi) is 5.16. The number of hydrogen-bond acceptors (Lipinski definition) is 3. The number of hydrogen-bond donors (Lipinski definition) is 1. The Morgan fingerprint density at radius 1 is 1.40 bits per heavy atom. The molecule has 4 heteroatoms. The van der Waals surface area contributed by atoms with Crippen LogP contribution in [0.2, 0.25) is 0 Å². The molecule has 1 unspecified atom stereocenters. The van der Waals surface area contributed by atoms with E-state index in [1.807, 2.05) is 18.2 Å². The number of unbranched alkanes of at least 4 members (excludes halogenated alkanes) is 1. The zero-order valence-electron chi connectivity index (χ0n) is 11.9. The average molecular weight is 275 g/mol. The number of piperidine rings is 1. The summed E-state index contributed by atoms with van der Waals surface area (Å²) < 4.78 is 5.68. The van der Waals surface area contributed by atoms with Crippen LogP contribution in [0.25, 0.3) is 0 Å². The minimum absolute atomic E-state index is 0.0426. The number of Topliss-reactive ketones (excluding diaryl/α,β-unsaturated/α-hetero) is 1. The van der Waals surface area contributed by atoms with Crippen LogP contribution in [-0.2, 0) is 4.79 Å². The first-order chi connectivity index (χ1) is 9.72. The number of para-hydroxylation sites is 1. The number of rotatable bonds is 6. The second-order valence-corrected chi connectivity index (χ2v) is 5.07. The Hall–Kier alpha value is -1.84. The van der Waals surface area contributed by atoms with E-state index in [-0.39, 0.29) is 11.7 Å². The van der Waals surface area contributed by atoms with Gasteiger partial charge in [0.25, 0.3) is 0 Å². The quantitative estimate of drug-likeness (QED) is 0.641. The highest BCUT2D eigenvalue weighted by molar-refractivity contribution is 6.04. The molecule has 0 spiro atoms. The van der Waals surface area contributed by atoms with Gasteiger partial charge in [0.1, 0.15) is 5.75 Å². The monoisotopic (exact) mass is 275 g/mol. The average Bonchev–Trinajstić information content (AvgIpc) is 2.47. The molecule has 0 aliphatic carbocycles. The van der Waals surface area contributed by atoms with E-state index in [0.717, 1.165) is 19.3 Å². The molecule has 4 nitrogen and oxygen atoms in total. The predicted octanol–water partition coefficient (Wildman–Crippen LogP) is 2.72. The van der Waals surface area contributed by atoms with Gasteiger partial charge in [-0.25, -0.2) is 0 Å². The lowest BCUT2D eigenvalue weighted by molar-refractivity contribution is -0.122. The minimum atomic E-state index is -0.410. The van der Waals surface area contributed by atoms with E-state index in [9.17, 15) is 9.59 Å². The summed E-state index contributed by atoms with van der Waals surface area (Å²) in [6.07, 6.45) is 3.99. The van der Waals surface area contributed by atoms with Gasteiger partial charge in [-0.2, -0.15) is 0 Å². The van der Waals surface area contributed by atoms with Gasteiger partial charge in [0, 0.05) is 6.42 Å². The van der Waals surface area contributed by atoms with Crippen LogP contribution < -0.4 is 10.1 Å². The Morgan fingerprint density at radius 2 is 2.20 bits per heavy atom. The van der Waals surface area contributed by atoms with Crippen LogP contribution in [0.15, 0.2) is 24.3 Å². The number of benzene rings is 1. The summed E-state index contributed by atoms with van der Waals surface area (Å²) in [5.74, 6) is 0.523. The summed E-state index contributed by atoms with van der Waals surface area (Å²) in [5.41, 5.74) is 0.566. The Morgan fingerprint density at radius 3 is 2.95 bits per heavy atom. The maximum absolute atomic E-state index is 12.5. The zero-order valence-corrected chi connectivity index (χ0v) is 11.9. The number of ether oxygens (including phenoxy) is 1. The van der Waals surface area contributed by atoms with Gasteiger partial charge in [-0.1, -0.05) is 25.5 Å². The molecule has 2 rings (SSSR count). The fourth-order valence-electron chi connectivity index (χ4n) is 2.31. The molecule has 20 heavy (non-hydrogen) atoms. The van der Waals surface area contributed by atoms with E-state index < -0.39 is 6.04 Å². The summed E-state index contributed by atoms with van der Waals surface area (Å²) in [5, 5.41) is 2.77. The van der Waals surface area contributed by atoms with Gasteiger partial charge < -0.3 is 10.1 Å². The van der Waals surface area contributed by atoms with Gasteiger partial charge in [-0.15, -0.1) is 0 Å². The number of carbonyl (C=O) groups is 2. The highest BCUT2D eigenvalue weighted by Crippen LogP contribution is 2.22. The van der Waals surface area contributed by atoms with Gasteiger partial charge in [-0.3, -0.25) is 9.59 Å². The second kappa shape index (κ2) is 7.08. The topological polar surface area (TPSA) is 55.4 Å². The third-order valence-corrected chi connectivity index (χ3v) is 3.46. The molecule has 0 radical (unpaired) electrons. The molecule has 1 atom stereocenters. The van der Waals surface area contributed by atoms with Crippen molar-refractivity contribution < 1.29 is 14.3 Å². The molecule has 1 aliphatic heterocycles. The fourth-order valence-corrected chi connectivity index (χ4v) is 2.31. The first-order valence-electron chi connectivity index (χ1n) is 7.27. The number of carbonyl (C=O) groups excluding carboxylic acids is 2. The van der Waals surface area contributed by atoms with Crippen molar-refractivity contribution in [2.24, 2.45) is 0 Å². The van der Waals surface area contributed by atoms with Crippen LogP contribution in [0.4, 0.5) is 0 Å². The van der Waals surface area contributed by atoms with E-state index in [4.69, 9.17) is 4.74 Å². The van der Waals surface area contributed by atoms with Crippen LogP contribution in [0.3, 0.4) is 0 Å². The molecule has 0 saturated carbocycles. The molecule has 1 heterocycles.